The molecule has 70 heavy (non-hydrogen) atoms. The molecule has 0 radical (unpaired) electrons. The van der Waals surface area contributed by atoms with Crippen molar-refractivity contribution in [3.8, 4) is 0 Å². The summed E-state index contributed by atoms with van der Waals surface area (Å²) in [4.78, 5) is 64.3. The lowest BCUT2D eigenvalue weighted by Crippen LogP contribution is -2.45. The molecular weight excluding hydrogens is 979 g/mol. The minimum atomic E-state index is -2.69. The molecule has 0 atom stereocenters. The second-order valence-corrected chi connectivity index (χ2v) is 23.3. The molecule has 24 nitrogen and oxygen atoms in total. The molecule has 0 spiro atoms. The molecule has 2 amide bonds. The average molecular weight is 1070 g/mol. The summed E-state index contributed by atoms with van der Waals surface area (Å²) in [5.74, 6) is -3.69. The summed E-state index contributed by atoms with van der Waals surface area (Å²) in [6, 6.07) is 1.51. The minimum Gasteiger partial charge on any atom is -0.478 e. The van der Waals surface area contributed by atoms with E-state index in [9.17, 15) is 28.8 Å². The van der Waals surface area contributed by atoms with Gasteiger partial charge in [-0.2, -0.15) is 0 Å². The van der Waals surface area contributed by atoms with Crippen LogP contribution in [0.5, 0.6) is 0 Å². The molecule has 10 N–H and O–H groups in total. The van der Waals surface area contributed by atoms with Crippen molar-refractivity contribution in [3.63, 3.8) is 0 Å². The largest absolute Gasteiger partial charge is 0.501 e. The zero-order valence-corrected chi connectivity index (χ0v) is 46.5. The third-order valence-corrected chi connectivity index (χ3v) is 17.5. The Balaban J connectivity index is -0.000000196. The van der Waals surface area contributed by atoms with Crippen LogP contribution in [0.4, 0.5) is 0 Å². The standard InChI is InChI=1S/C17H33NO6Si.C9H17NO6Si.C8H18O.C5H15NO3Si.C4H2O3.2H2O/c1-5-6-7-8-9-10-14-24-17(20)12-11-16(19)18-13-15-25(21-2,22-3)23-4;1-14-17(15-2,16-3)7-6-10-8(11)4-5-9(12)13;1-2-3-4-5-6-7-8-9;1-7-10(8-2,9-3)5-4-6;5-3-1-2-4(6)7-3;;/h11-12H,5-10,13-15H2,1-4H3,(H,18,19);4-5H,6-7H2,1-3H3,(H,10,11)(H,12,13);9H,2-8H2,1H3;4-6H2,1-3H3;1-2H;2*1H2/b12-11+;5-4+;;;;;. The maximum absolute atomic E-state index is 11.7. The number of ether oxygens (including phenoxy) is 2. The van der Waals surface area contributed by atoms with Gasteiger partial charge in [0, 0.05) is 138 Å². The van der Waals surface area contributed by atoms with Crippen LogP contribution in [0, 0.1) is 0 Å². The maximum atomic E-state index is 11.7. The van der Waals surface area contributed by atoms with E-state index in [4.69, 9.17) is 60.5 Å². The lowest BCUT2D eigenvalue weighted by atomic mass is 10.1. The number of rotatable bonds is 34. The van der Waals surface area contributed by atoms with Crippen LogP contribution >= 0.6 is 0 Å². The summed E-state index contributed by atoms with van der Waals surface area (Å²) in [7, 11) is 5.99. The Morgan fingerprint density at radius 3 is 1.20 bits per heavy atom. The number of carboxylic acid groups (broad SMARTS) is 1. The van der Waals surface area contributed by atoms with Crippen molar-refractivity contribution >= 4 is 62.1 Å². The van der Waals surface area contributed by atoms with E-state index in [1.807, 2.05) is 0 Å². The number of aliphatic hydroxyl groups is 1. The first-order valence-electron chi connectivity index (χ1n) is 22.5. The molecule has 1 heterocycles. The number of amides is 2. The van der Waals surface area contributed by atoms with Crippen LogP contribution in [0.1, 0.15) is 90.9 Å². The number of nitrogens with one attached hydrogen (secondary N) is 2. The number of carbonyl (C=O) groups excluding carboxylic acids is 5. The van der Waals surface area contributed by atoms with Crippen LogP contribution in [0.2, 0.25) is 18.1 Å². The fourth-order valence-corrected chi connectivity index (χ4v) is 9.78. The van der Waals surface area contributed by atoms with Crippen LogP contribution < -0.4 is 16.4 Å². The SMILES string of the molecule is CCCCCCCCO.CCCCCCCCOC(=O)/C=C/C(=O)NCC[Si](OC)(OC)OC.CO[Si](CCN)(OC)OC.CO[Si](CCNC(=O)/C=C/C(=O)O)(OC)OC.O.O.O=C1C=CC(=O)O1. The zero-order chi connectivity index (χ0) is 52.5. The number of hydrogen-bond acceptors (Lipinski definition) is 19. The van der Waals surface area contributed by atoms with Crippen molar-refractivity contribution in [1.82, 2.24) is 10.6 Å². The van der Waals surface area contributed by atoms with Gasteiger partial charge in [0.15, 0.2) is 0 Å². The van der Waals surface area contributed by atoms with E-state index >= 15 is 0 Å². The van der Waals surface area contributed by atoms with Gasteiger partial charge in [-0.05, 0) is 19.4 Å². The first kappa shape index (κ1) is 77.8. The van der Waals surface area contributed by atoms with Crippen LogP contribution in [-0.2, 0) is 78.1 Å². The number of hydrogen-bond donors (Lipinski definition) is 5. The third-order valence-electron chi connectivity index (χ3n) is 9.27. The first-order valence-corrected chi connectivity index (χ1v) is 28.3. The number of unbranched alkanes of at least 4 members (excludes halogenated alkanes) is 10. The fraction of sp³-hybridized carbons (Fsp3) is 0.721. The molecule has 0 aromatic carbocycles. The summed E-state index contributed by atoms with van der Waals surface area (Å²) in [5, 5.41) is 21.9. The summed E-state index contributed by atoms with van der Waals surface area (Å²) >= 11 is 0. The molecule has 1 aliphatic heterocycles. The Morgan fingerprint density at radius 2 is 0.900 bits per heavy atom. The summed E-state index contributed by atoms with van der Waals surface area (Å²) in [6.45, 7) is 6.29. The third kappa shape index (κ3) is 45.5. The van der Waals surface area contributed by atoms with Gasteiger partial charge in [-0.3, -0.25) is 9.59 Å². The Morgan fingerprint density at radius 1 is 0.557 bits per heavy atom. The van der Waals surface area contributed by atoms with Crippen molar-refractivity contribution in [3.05, 3.63) is 36.5 Å². The Kier molecular flexibility index (Phi) is 59.1. The van der Waals surface area contributed by atoms with Gasteiger partial charge < -0.3 is 86.8 Å². The Hall–Kier alpha value is -3.63. The van der Waals surface area contributed by atoms with Gasteiger partial charge in [-0.25, -0.2) is 19.2 Å². The maximum Gasteiger partial charge on any atom is 0.501 e. The molecule has 414 valence electrons. The molecule has 0 bridgehead atoms. The van der Waals surface area contributed by atoms with Crippen molar-refractivity contribution in [1.29, 1.82) is 0 Å². The van der Waals surface area contributed by atoms with Crippen LogP contribution in [-0.4, -0.2) is 180 Å². The van der Waals surface area contributed by atoms with Crippen molar-refractivity contribution in [2.24, 2.45) is 5.73 Å². The molecule has 1 rings (SSSR count). The molecule has 0 aromatic heterocycles. The molecule has 0 aliphatic carbocycles. The molecule has 0 saturated carbocycles. The van der Waals surface area contributed by atoms with Crippen LogP contribution in [0.3, 0.4) is 0 Å². The molecule has 27 heteroatoms. The van der Waals surface area contributed by atoms with Crippen LogP contribution in [0.15, 0.2) is 36.5 Å². The van der Waals surface area contributed by atoms with Gasteiger partial charge in [-0.1, -0.05) is 78.1 Å². The number of esters is 3. The van der Waals surface area contributed by atoms with E-state index in [1.54, 1.807) is 21.3 Å². The Labute approximate surface area is 418 Å². The number of cyclic esters (lactones) is 2. The summed E-state index contributed by atoms with van der Waals surface area (Å²) in [5.41, 5.74) is 5.34. The highest BCUT2D eigenvalue weighted by Crippen LogP contribution is 2.13. The van der Waals surface area contributed by atoms with Gasteiger partial charge in [0.05, 0.1) is 6.61 Å². The minimum absolute atomic E-state index is 0. The van der Waals surface area contributed by atoms with Gasteiger partial charge in [0.2, 0.25) is 11.8 Å². The fourth-order valence-electron chi connectivity index (χ4n) is 5.23. The predicted molar refractivity (Wildman–Crippen MR) is 268 cm³/mol. The number of aliphatic hydroxyl groups excluding tert-OH is 1. The Bertz CT molecular complexity index is 1350. The monoisotopic (exact) mass is 1070 g/mol. The van der Waals surface area contributed by atoms with Crippen LogP contribution in [0.25, 0.3) is 0 Å². The second kappa shape index (κ2) is 53.2. The van der Waals surface area contributed by atoms with E-state index < -0.39 is 56.2 Å². The number of carboxylic acids is 1. The highest BCUT2D eigenvalue weighted by Gasteiger charge is 2.38. The number of nitrogens with two attached hydrogens (primary N) is 1. The zero-order valence-electron chi connectivity index (χ0n) is 43.5. The highest BCUT2D eigenvalue weighted by molar-refractivity contribution is 6.61. The van der Waals surface area contributed by atoms with Crippen molar-refractivity contribution in [2.75, 3.05) is 96.8 Å². The van der Waals surface area contributed by atoms with Gasteiger partial charge in [0.1, 0.15) is 0 Å². The normalized spacial score (nSPS) is 11.8. The van der Waals surface area contributed by atoms with E-state index in [-0.39, 0.29) is 23.4 Å². The molecule has 0 unspecified atom stereocenters. The van der Waals surface area contributed by atoms with E-state index in [1.165, 1.54) is 107 Å². The molecule has 0 aromatic rings. The quantitative estimate of drug-likeness (QED) is 0.0203. The lowest BCUT2D eigenvalue weighted by molar-refractivity contribution is -0.150. The lowest BCUT2D eigenvalue weighted by Gasteiger charge is -2.24. The first-order chi connectivity index (χ1) is 32.5. The predicted octanol–water partition coefficient (Wildman–Crippen LogP) is 2.20. The summed E-state index contributed by atoms with van der Waals surface area (Å²) < 4.78 is 55.5. The smallest absolute Gasteiger partial charge is 0.478 e. The molecule has 0 fully saturated rings. The van der Waals surface area contributed by atoms with Gasteiger partial charge in [0.25, 0.3) is 0 Å². The van der Waals surface area contributed by atoms with E-state index in [0.29, 0.717) is 44.4 Å². The van der Waals surface area contributed by atoms with E-state index in [0.717, 1.165) is 49.6 Å². The molecule has 0 saturated heterocycles. The molecule has 1 aliphatic rings. The van der Waals surface area contributed by atoms with Gasteiger partial charge >= 0.3 is 50.3 Å². The summed E-state index contributed by atoms with van der Waals surface area (Å²) in [6.07, 6.45) is 20.5. The van der Waals surface area contributed by atoms with Crippen molar-refractivity contribution < 1.29 is 99.2 Å². The highest BCUT2D eigenvalue weighted by atomic mass is 28.4. The van der Waals surface area contributed by atoms with E-state index in [2.05, 4.69) is 29.2 Å². The van der Waals surface area contributed by atoms with Gasteiger partial charge in [-0.15, -0.1) is 0 Å². The average Bonchev–Trinajstić information content (AvgIpc) is 3.74. The second-order valence-electron chi connectivity index (χ2n) is 14.0. The number of carbonyl (C=O) groups is 6. The topological polar surface area (TPSA) is 357 Å². The van der Waals surface area contributed by atoms with Crippen molar-refractivity contribution in [2.45, 2.75) is 109 Å². The number of aliphatic carboxylic acids is 1. The molecular formula is C43H89N3O21Si3.